The first-order valence-electron chi connectivity index (χ1n) is 10.7. The Hall–Kier alpha value is -2.70. The lowest BCUT2D eigenvalue weighted by Gasteiger charge is -2.37. The van der Waals surface area contributed by atoms with Gasteiger partial charge in [-0.2, -0.15) is 0 Å². The van der Waals surface area contributed by atoms with Crippen LogP contribution >= 0.6 is 0 Å². The topological polar surface area (TPSA) is 80.0 Å². The number of urea groups is 1. The molecule has 2 aromatic rings. The monoisotopic (exact) mass is 414 g/mol. The maximum absolute atomic E-state index is 14.0. The van der Waals surface area contributed by atoms with Crippen LogP contribution in [0.5, 0.6) is 0 Å². The van der Waals surface area contributed by atoms with Crippen LogP contribution in [0.15, 0.2) is 40.3 Å². The van der Waals surface area contributed by atoms with Gasteiger partial charge in [0.25, 0.3) is 5.89 Å². The van der Waals surface area contributed by atoms with E-state index < -0.39 is 0 Å². The maximum atomic E-state index is 14.0. The number of hydrogen-bond donors (Lipinski definition) is 2. The van der Waals surface area contributed by atoms with Gasteiger partial charge in [0.15, 0.2) is 0 Å². The fourth-order valence-corrected chi connectivity index (χ4v) is 4.23. The van der Waals surface area contributed by atoms with Gasteiger partial charge in [-0.3, -0.25) is 0 Å². The van der Waals surface area contributed by atoms with Gasteiger partial charge < -0.3 is 15.1 Å². The highest BCUT2D eigenvalue weighted by atomic mass is 19.1. The Balaban J connectivity index is 1.70. The molecule has 0 unspecified atom stereocenters. The first-order chi connectivity index (χ1) is 14.4. The Kier molecular flexibility index (Phi) is 7.24. The molecule has 1 aliphatic rings. The van der Waals surface area contributed by atoms with Crippen molar-refractivity contribution in [1.29, 1.82) is 0 Å². The first kappa shape index (κ1) is 22.0. The Labute approximate surface area is 177 Å². The van der Waals surface area contributed by atoms with Crippen molar-refractivity contribution >= 4 is 6.03 Å². The third-order valence-electron chi connectivity index (χ3n) is 5.91. The van der Waals surface area contributed by atoms with E-state index in [1.54, 1.807) is 18.2 Å². The molecule has 3 rings (SSSR count). The number of rotatable bonds is 7. The van der Waals surface area contributed by atoms with Crippen molar-refractivity contribution in [2.45, 2.75) is 40.5 Å². The van der Waals surface area contributed by atoms with Crippen LogP contribution in [0.1, 0.15) is 40.0 Å². The molecule has 7 heteroatoms. The number of hydrogen-bond acceptors (Lipinski definition) is 4. The number of benzene rings is 1. The summed E-state index contributed by atoms with van der Waals surface area (Å²) in [6, 6.07) is 6.28. The van der Waals surface area contributed by atoms with E-state index in [9.17, 15) is 9.18 Å². The van der Waals surface area contributed by atoms with Crippen molar-refractivity contribution in [3.05, 3.63) is 47.6 Å². The molecule has 0 aliphatic heterocycles. The Morgan fingerprint density at radius 3 is 2.73 bits per heavy atom. The zero-order chi connectivity index (χ0) is 21.7. The van der Waals surface area contributed by atoms with E-state index in [-0.39, 0.29) is 23.7 Å². The van der Waals surface area contributed by atoms with Crippen molar-refractivity contribution in [2.75, 3.05) is 13.1 Å². The van der Waals surface area contributed by atoms with Gasteiger partial charge in [0.2, 0.25) is 5.89 Å². The van der Waals surface area contributed by atoms with Crippen LogP contribution < -0.4 is 10.6 Å². The number of carbonyl (C=O) groups excluding carboxylic acids is 1. The summed E-state index contributed by atoms with van der Waals surface area (Å²) in [5, 5.41) is 14.0. The zero-order valence-corrected chi connectivity index (χ0v) is 18.1. The molecule has 1 heterocycles. The van der Waals surface area contributed by atoms with Crippen LogP contribution in [0, 0.1) is 29.5 Å². The van der Waals surface area contributed by atoms with Crippen LogP contribution in [-0.2, 0) is 6.42 Å². The maximum Gasteiger partial charge on any atom is 0.314 e. The second-order valence-electron chi connectivity index (χ2n) is 8.34. The number of nitrogens with one attached hydrogen (secondary N) is 2. The smallest absolute Gasteiger partial charge is 0.314 e. The van der Waals surface area contributed by atoms with Crippen LogP contribution in [-0.4, -0.2) is 29.3 Å². The number of carbonyl (C=O) groups is 1. The second kappa shape index (κ2) is 9.87. The molecular formula is C23H31FN4O2. The van der Waals surface area contributed by atoms with E-state index in [2.05, 4.69) is 47.7 Å². The van der Waals surface area contributed by atoms with Gasteiger partial charge in [-0.25, -0.2) is 9.18 Å². The molecule has 1 aliphatic carbocycles. The van der Waals surface area contributed by atoms with Gasteiger partial charge in [-0.1, -0.05) is 37.6 Å². The van der Waals surface area contributed by atoms with Gasteiger partial charge in [-0.05, 0) is 56.1 Å². The lowest BCUT2D eigenvalue weighted by molar-refractivity contribution is 0.211. The summed E-state index contributed by atoms with van der Waals surface area (Å²) in [6.45, 7) is 9.70. The molecule has 2 amide bonds. The van der Waals surface area contributed by atoms with Gasteiger partial charge in [0, 0.05) is 19.5 Å². The average molecular weight is 415 g/mol. The normalized spacial score (nSPS) is 21.4. The fourth-order valence-electron chi connectivity index (χ4n) is 4.23. The lowest BCUT2D eigenvalue weighted by Crippen LogP contribution is -2.41. The molecule has 3 atom stereocenters. The third kappa shape index (κ3) is 5.26. The predicted molar refractivity (Wildman–Crippen MR) is 114 cm³/mol. The Morgan fingerprint density at radius 2 is 2.03 bits per heavy atom. The summed E-state index contributed by atoms with van der Waals surface area (Å²) < 4.78 is 19.8. The molecule has 1 aromatic carbocycles. The molecule has 0 spiro atoms. The average Bonchev–Trinajstić information content (AvgIpc) is 3.16. The van der Waals surface area contributed by atoms with Crippen LogP contribution in [0.3, 0.4) is 0 Å². The van der Waals surface area contributed by atoms with E-state index in [4.69, 9.17) is 4.42 Å². The van der Waals surface area contributed by atoms with E-state index in [1.807, 2.05) is 6.92 Å². The summed E-state index contributed by atoms with van der Waals surface area (Å²) in [5.74, 6) is 1.86. The molecular weight excluding hydrogens is 383 g/mol. The SMILES string of the molecule is CCNC(=O)NC[C@@H]1C=C(C)[C@H](Cc2nnc(-c3ccccc3F)o2)C[C@H]1C(C)C. The minimum absolute atomic E-state index is 0.125. The number of aromatic nitrogens is 2. The van der Waals surface area contributed by atoms with Crippen LogP contribution in [0.25, 0.3) is 11.5 Å². The lowest BCUT2D eigenvalue weighted by atomic mass is 9.70. The molecule has 0 fully saturated rings. The summed E-state index contributed by atoms with van der Waals surface area (Å²) in [7, 11) is 0. The number of allylic oxidation sites excluding steroid dienone is 1. The minimum atomic E-state index is -0.372. The highest BCUT2D eigenvalue weighted by Gasteiger charge is 2.32. The minimum Gasteiger partial charge on any atom is -0.421 e. The molecule has 0 saturated carbocycles. The fraction of sp³-hybridized carbons (Fsp3) is 0.522. The molecule has 0 radical (unpaired) electrons. The van der Waals surface area contributed by atoms with E-state index >= 15 is 0 Å². The van der Waals surface area contributed by atoms with E-state index in [1.165, 1.54) is 11.6 Å². The second-order valence-corrected chi connectivity index (χ2v) is 8.34. The summed E-state index contributed by atoms with van der Waals surface area (Å²) >= 11 is 0. The van der Waals surface area contributed by atoms with Gasteiger partial charge in [0.1, 0.15) is 5.82 Å². The number of amides is 2. The van der Waals surface area contributed by atoms with Crippen molar-refractivity contribution in [3.63, 3.8) is 0 Å². The largest absolute Gasteiger partial charge is 0.421 e. The molecule has 162 valence electrons. The number of nitrogens with zero attached hydrogens (tertiary/aromatic N) is 2. The van der Waals surface area contributed by atoms with E-state index in [0.29, 0.717) is 48.7 Å². The van der Waals surface area contributed by atoms with Crippen LogP contribution in [0.4, 0.5) is 9.18 Å². The van der Waals surface area contributed by atoms with Crippen LogP contribution in [0.2, 0.25) is 0 Å². The molecule has 0 bridgehead atoms. The van der Waals surface area contributed by atoms with Crippen molar-refractivity contribution in [2.24, 2.45) is 23.7 Å². The van der Waals surface area contributed by atoms with Gasteiger partial charge >= 0.3 is 6.03 Å². The summed E-state index contributed by atoms with van der Waals surface area (Å²) in [5.41, 5.74) is 1.59. The van der Waals surface area contributed by atoms with E-state index in [0.717, 1.165) is 6.42 Å². The standard InChI is InChI=1S/C23H31FN4O2/c1-5-25-23(29)26-13-17-10-15(4)16(11-19(17)14(2)3)12-21-27-28-22(30-21)18-8-6-7-9-20(18)24/h6-10,14,16-17,19H,5,11-13H2,1-4H3,(H2,25,26,29)/t16-,17-,19-/m0/s1. The van der Waals surface area contributed by atoms with Crippen molar-refractivity contribution < 1.29 is 13.6 Å². The number of halogens is 1. The Bertz CT molecular complexity index is 893. The van der Waals surface area contributed by atoms with Crippen molar-refractivity contribution in [1.82, 2.24) is 20.8 Å². The summed E-state index contributed by atoms with van der Waals surface area (Å²) in [6.07, 6.45) is 3.89. The molecule has 30 heavy (non-hydrogen) atoms. The predicted octanol–water partition coefficient (Wildman–Crippen LogP) is 4.59. The third-order valence-corrected chi connectivity index (χ3v) is 5.91. The molecule has 2 N–H and O–H groups in total. The highest BCUT2D eigenvalue weighted by molar-refractivity contribution is 5.73. The Morgan fingerprint density at radius 1 is 1.27 bits per heavy atom. The van der Waals surface area contributed by atoms with Crippen molar-refractivity contribution in [3.8, 4) is 11.5 Å². The van der Waals surface area contributed by atoms with Gasteiger partial charge in [0.05, 0.1) is 5.56 Å². The quantitative estimate of drug-likeness (QED) is 0.650. The summed E-state index contributed by atoms with van der Waals surface area (Å²) in [4.78, 5) is 11.8. The molecule has 0 saturated heterocycles. The molecule has 1 aromatic heterocycles. The zero-order valence-electron chi connectivity index (χ0n) is 18.1. The first-order valence-corrected chi connectivity index (χ1v) is 10.7. The van der Waals surface area contributed by atoms with Gasteiger partial charge in [-0.15, -0.1) is 10.2 Å². The molecule has 6 nitrogen and oxygen atoms in total. The highest BCUT2D eigenvalue weighted by Crippen LogP contribution is 2.38.